The van der Waals surface area contributed by atoms with Gasteiger partial charge in [0.05, 0.1) is 33.0 Å². The molecule has 0 radical (unpaired) electrons. The first-order chi connectivity index (χ1) is 29.3. The summed E-state index contributed by atoms with van der Waals surface area (Å²) in [4.78, 5) is 25.1. The first kappa shape index (κ1) is 52.3. The molecule has 0 bridgehead atoms. The Hall–Kier alpha value is -2.32. The molecule has 350 valence electrons. The fourth-order valence-electron chi connectivity index (χ4n) is 7.52. The van der Waals surface area contributed by atoms with Crippen LogP contribution >= 0.6 is 17.1 Å². The second-order valence-electron chi connectivity index (χ2n) is 20.8. The van der Waals surface area contributed by atoms with Gasteiger partial charge in [-0.3, -0.25) is 9.59 Å². The summed E-state index contributed by atoms with van der Waals surface area (Å²) >= 11 is 0. The van der Waals surface area contributed by atoms with E-state index in [1.165, 1.54) is 25.7 Å². The van der Waals surface area contributed by atoms with Gasteiger partial charge in [-0.25, -0.2) is 4.67 Å². The Morgan fingerprint density at radius 2 is 1.08 bits per heavy atom. The highest BCUT2D eigenvalue weighted by Gasteiger charge is 2.54. The molecule has 0 amide bonds. The van der Waals surface area contributed by atoms with Gasteiger partial charge < -0.3 is 32.1 Å². The highest BCUT2D eigenvalue weighted by Crippen LogP contribution is 2.59. The van der Waals surface area contributed by atoms with Crippen LogP contribution in [-0.4, -0.2) is 61.7 Å². The third-order valence-corrected chi connectivity index (χ3v) is 14.0. The minimum absolute atomic E-state index is 0.147. The zero-order chi connectivity index (χ0) is 45.5. The van der Waals surface area contributed by atoms with Crippen LogP contribution in [0.25, 0.3) is 0 Å². The van der Waals surface area contributed by atoms with Crippen LogP contribution in [0.3, 0.4) is 0 Å². The maximum atomic E-state index is 12.6. The van der Waals surface area contributed by atoms with Crippen LogP contribution in [0, 0.1) is 17.8 Å². The number of rotatable bonds is 24. The van der Waals surface area contributed by atoms with Gasteiger partial charge in [-0.05, 0) is 77.5 Å². The minimum Gasteiger partial charge on any atom is -0.466 e. The van der Waals surface area contributed by atoms with Gasteiger partial charge in [0.25, 0.3) is 0 Å². The fraction of sp³-hybridized carbons (Fsp3) is 0.720. The lowest BCUT2D eigenvalue weighted by atomic mass is 9.85. The molecule has 2 aliphatic heterocycles. The highest BCUT2D eigenvalue weighted by atomic mass is 31.2. The van der Waals surface area contributed by atoms with Gasteiger partial charge >= 0.3 is 29.1 Å². The van der Waals surface area contributed by atoms with Gasteiger partial charge in [-0.15, -0.1) is 0 Å². The predicted molar refractivity (Wildman–Crippen MR) is 253 cm³/mol. The number of carbonyl (C=O) groups excluding carboxylic acids is 2. The van der Waals surface area contributed by atoms with E-state index in [9.17, 15) is 9.59 Å². The molecule has 62 heavy (non-hydrogen) atoms. The van der Waals surface area contributed by atoms with Gasteiger partial charge in [-0.2, -0.15) is 0 Å². The summed E-state index contributed by atoms with van der Waals surface area (Å²) in [6.07, 6.45) is 10.7. The van der Waals surface area contributed by atoms with Gasteiger partial charge in [0.2, 0.25) is 0 Å². The molecule has 10 nitrogen and oxygen atoms in total. The van der Waals surface area contributed by atoms with Gasteiger partial charge in [0.15, 0.2) is 0 Å². The third-order valence-electron chi connectivity index (χ3n) is 11.3. The van der Waals surface area contributed by atoms with Crippen molar-refractivity contribution in [3.63, 3.8) is 0 Å². The Morgan fingerprint density at radius 1 is 0.629 bits per heavy atom. The number of unbranched alkanes of at least 4 members (excludes halogenated alkanes) is 4. The number of esters is 2. The average Bonchev–Trinajstić information content (AvgIpc) is 3.50. The Labute approximate surface area is 378 Å². The van der Waals surface area contributed by atoms with Crippen molar-refractivity contribution in [1.29, 1.82) is 0 Å². The molecule has 1 atom stereocenters. The van der Waals surface area contributed by atoms with E-state index >= 15 is 0 Å². The van der Waals surface area contributed by atoms with E-state index in [1.807, 2.05) is 18.2 Å². The second kappa shape index (κ2) is 24.8. The van der Waals surface area contributed by atoms with Crippen LogP contribution in [-0.2, 0) is 56.3 Å². The molecule has 2 aliphatic rings. The topological polar surface area (TPSA) is 102 Å². The zero-order valence-corrected chi connectivity index (χ0v) is 42.2. The van der Waals surface area contributed by atoms with Crippen molar-refractivity contribution >= 4 is 29.1 Å². The summed E-state index contributed by atoms with van der Waals surface area (Å²) < 4.78 is 46.1. The van der Waals surface area contributed by atoms with Gasteiger partial charge in [0.1, 0.15) is 17.0 Å². The van der Waals surface area contributed by atoms with Crippen LogP contribution in [0.4, 0.5) is 0 Å². The number of aryl methyl sites for hydroxylation is 2. The Kier molecular flexibility index (Phi) is 20.9. The smallest absolute Gasteiger partial charge is 0.397 e. The molecular weight excluding hydrogens is 820 g/mol. The summed E-state index contributed by atoms with van der Waals surface area (Å²) in [6, 6.07) is 12.4. The van der Waals surface area contributed by atoms with Crippen LogP contribution in [0.15, 0.2) is 36.4 Å². The monoisotopic (exact) mass is 902 g/mol. The van der Waals surface area contributed by atoms with Gasteiger partial charge in [-0.1, -0.05) is 146 Å². The lowest BCUT2D eigenvalue weighted by molar-refractivity contribution is -0.144. The van der Waals surface area contributed by atoms with Crippen molar-refractivity contribution in [1.82, 2.24) is 4.67 Å². The van der Waals surface area contributed by atoms with E-state index in [-0.39, 0.29) is 22.8 Å². The molecule has 0 aliphatic carbocycles. The maximum Gasteiger partial charge on any atom is 0.397 e. The summed E-state index contributed by atoms with van der Waals surface area (Å²) in [7, 11) is -3.13. The van der Waals surface area contributed by atoms with E-state index in [2.05, 4.69) is 106 Å². The predicted octanol–water partition coefficient (Wildman–Crippen LogP) is 13.4. The molecule has 2 heterocycles. The summed E-state index contributed by atoms with van der Waals surface area (Å²) in [6.45, 7) is 29.3. The number of nitrogens with zero attached hydrogens (tertiary/aromatic N) is 1. The van der Waals surface area contributed by atoms with Crippen LogP contribution in [0.5, 0.6) is 11.5 Å². The van der Waals surface area contributed by atoms with Crippen molar-refractivity contribution in [2.24, 2.45) is 17.8 Å². The Balaban J connectivity index is 1.34. The van der Waals surface area contributed by atoms with Crippen LogP contribution in [0.1, 0.15) is 170 Å². The Bertz CT molecular complexity index is 1680. The molecule has 1 spiro atoms. The number of hydrogen-bond acceptors (Lipinski definition) is 10. The molecule has 1 unspecified atom stereocenters. The number of carbonyl (C=O) groups is 2. The molecule has 12 heteroatoms. The molecule has 2 aromatic rings. The number of hydrogen-bond donors (Lipinski definition) is 0. The second-order valence-corrected chi connectivity index (χ2v) is 23.3. The first-order valence-electron chi connectivity index (χ1n) is 23.5. The van der Waals surface area contributed by atoms with Crippen molar-refractivity contribution in [2.45, 2.75) is 177 Å². The molecule has 2 aromatic carbocycles. The van der Waals surface area contributed by atoms with Crippen molar-refractivity contribution in [2.75, 3.05) is 39.6 Å². The lowest BCUT2D eigenvalue weighted by Gasteiger charge is -2.41. The molecule has 2 saturated heterocycles. The summed E-state index contributed by atoms with van der Waals surface area (Å²) in [5, 5.41) is 0. The molecule has 4 rings (SSSR count). The summed E-state index contributed by atoms with van der Waals surface area (Å²) in [5.74, 6) is 2.98. The van der Waals surface area contributed by atoms with E-state index < -0.39 is 22.7 Å². The largest absolute Gasteiger partial charge is 0.466 e. The van der Waals surface area contributed by atoms with Crippen molar-refractivity contribution in [3.05, 3.63) is 58.7 Å². The standard InChI is InChI=1S/C50H81NO9P2/c1-37(2)19-15-13-17-29-54-46(52)27-23-40-21-25-44(42(31-40)48(7,8)9)59-61-51(33-39(5)6)50(34-56-61)35-57-62(58-36-50)60-45-26-22-41(32-43(45)49(10,11)12)24-28-47(53)55-30-18-14-16-20-38(3)4/h21-22,25-26,31-32,37-39H,13-20,23-24,27-30,33-36H2,1-12H3. The molecule has 0 N–H and O–H groups in total. The van der Waals surface area contributed by atoms with Crippen molar-refractivity contribution in [3.8, 4) is 11.5 Å². The maximum absolute atomic E-state index is 12.6. The SMILES string of the molecule is CC(C)CCCCCOC(=O)CCc1ccc(OP2OCC3(CO2)COP(Oc2ccc(CCC(=O)OCCCCCC(C)C)cc2C(C)(C)C)N3CC(C)C)c(C(C)(C)C)c1. The van der Waals surface area contributed by atoms with E-state index in [0.29, 0.717) is 76.5 Å². The summed E-state index contributed by atoms with van der Waals surface area (Å²) in [5.41, 5.74) is 3.32. The van der Waals surface area contributed by atoms with Crippen LogP contribution < -0.4 is 9.05 Å². The normalized spacial score (nSPS) is 19.8. The molecule has 2 fully saturated rings. The average molecular weight is 902 g/mol. The minimum atomic E-state index is -1.66. The van der Waals surface area contributed by atoms with Crippen molar-refractivity contribution < 1.29 is 41.7 Å². The molecule has 0 aromatic heterocycles. The number of benzene rings is 2. The van der Waals surface area contributed by atoms with E-state index in [1.54, 1.807) is 0 Å². The number of ether oxygens (including phenoxy) is 2. The molecule has 0 saturated carbocycles. The quantitative estimate of drug-likeness (QED) is 0.0575. The van der Waals surface area contributed by atoms with Crippen LogP contribution in [0.2, 0.25) is 0 Å². The highest BCUT2D eigenvalue weighted by molar-refractivity contribution is 7.45. The first-order valence-corrected chi connectivity index (χ1v) is 25.7. The Morgan fingerprint density at radius 3 is 1.52 bits per heavy atom. The van der Waals surface area contributed by atoms with E-state index in [0.717, 1.165) is 66.0 Å². The lowest BCUT2D eigenvalue weighted by Crippen LogP contribution is -2.54. The third kappa shape index (κ3) is 17.2. The zero-order valence-electron chi connectivity index (χ0n) is 40.4. The van der Waals surface area contributed by atoms with E-state index in [4.69, 9.17) is 32.1 Å². The fourth-order valence-corrected chi connectivity index (χ4v) is 10.7. The van der Waals surface area contributed by atoms with Gasteiger partial charge in [0, 0.05) is 30.5 Å². The molecular formula is C50H81NO9P2.